The van der Waals surface area contributed by atoms with Crippen LogP contribution >= 0.6 is 11.5 Å². The zero-order valence-electron chi connectivity index (χ0n) is 11.8. The summed E-state index contributed by atoms with van der Waals surface area (Å²) in [7, 11) is 0. The van der Waals surface area contributed by atoms with Crippen LogP contribution in [0.5, 0.6) is 0 Å². The van der Waals surface area contributed by atoms with Crippen molar-refractivity contribution < 1.29 is 9.90 Å². The van der Waals surface area contributed by atoms with Gasteiger partial charge in [-0.05, 0) is 12.1 Å². The number of aromatic carboxylic acids is 1. The minimum absolute atomic E-state index is 0.155. The lowest BCUT2D eigenvalue weighted by atomic mass is 10.2. The molecule has 0 spiro atoms. The van der Waals surface area contributed by atoms with Crippen molar-refractivity contribution in [3.8, 4) is 5.13 Å². The Balaban J connectivity index is 2.34. The SMILES string of the molecule is CC(C)c1nsc(-n2cc(C(=O)O)c(=O)c3cccnc32)n1. The monoisotopic (exact) mass is 316 g/mol. The van der Waals surface area contributed by atoms with Crippen molar-refractivity contribution in [1.82, 2.24) is 18.9 Å². The molecule has 3 rings (SSSR count). The molecule has 0 bridgehead atoms. The van der Waals surface area contributed by atoms with Gasteiger partial charge in [0.25, 0.3) is 0 Å². The van der Waals surface area contributed by atoms with Crippen LogP contribution < -0.4 is 5.43 Å². The van der Waals surface area contributed by atoms with E-state index in [4.69, 9.17) is 0 Å². The second kappa shape index (κ2) is 5.30. The number of rotatable bonds is 3. The average molecular weight is 316 g/mol. The molecule has 112 valence electrons. The standard InChI is InChI=1S/C14H12N4O3S/c1-7(2)11-16-14(22-17-11)18-6-9(13(20)21)10(19)8-4-3-5-15-12(8)18/h3-7H,1-2H3,(H,20,21). The first-order chi connectivity index (χ1) is 10.5. The van der Waals surface area contributed by atoms with Crippen molar-refractivity contribution in [3.63, 3.8) is 0 Å². The Hall–Kier alpha value is -2.61. The van der Waals surface area contributed by atoms with Gasteiger partial charge >= 0.3 is 5.97 Å². The molecule has 1 N–H and O–H groups in total. The molecule has 7 nitrogen and oxygen atoms in total. The molecule has 0 amide bonds. The summed E-state index contributed by atoms with van der Waals surface area (Å²) in [5.41, 5.74) is -0.508. The van der Waals surface area contributed by atoms with Crippen LogP contribution in [0.15, 0.2) is 29.3 Å². The highest BCUT2D eigenvalue weighted by Crippen LogP contribution is 2.20. The van der Waals surface area contributed by atoms with Gasteiger partial charge in [0.15, 0.2) is 0 Å². The number of carboxylic acids is 1. The van der Waals surface area contributed by atoms with E-state index in [9.17, 15) is 14.7 Å². The molecule has 3 heterocycles. The molecule has 0 radical (unpaired) electrons. The summed E-state index contributed by atoms with van der Waals surface area (Å²) in [5.74, 6) is -0.458. The van der Waals surface area contributed by atoms with Crippen LogP contribution in [-0.2, 0) is 0 Å². The third-order valence-corrected chi connectivity index (χ3v) is 3.88. The third-order valence-electron chi connectivity index (χ3n) is 3.15. The van der Waals surface area contributed by atoms with Crippen molar-refractivity contribution in [2.75, 3.05) is 0 Å². The van der Waals surface area contributed by atoms with Gasteiger partial charge in [0.05, 0.1) is 5.39 Å². The smallest absolute Gasteiger partial charge is 0.341 e. The fraction of sp³-hybridized carbons (Fsp3) is 0.214. The Morgan fingerprint density at radius 2 is 2.18 bits per heavy atom. The summed E-state index contributed by atoms with van der Waals surface area (Å²) in [6.07, 6.45) is 2.80. The minimum atomic E-state index is -1.28. The van der Waals surface area contributed by atoms with Crippen LogP contribution in [0, 0.1) is 0 Å². The highest BCUT2D eigenvalue weighted by molar-refractivity contribution is 7.08. The molecule has 0 fully saturated rings. The van der Waals surface area contributed by atoms with Gasteiger partial charge in [0, 0.05) is 29.8 Å². The second-order valence-corrected chi connectivity index (χ2v) is 5.74. The van der Waals surface area contributed by atoms with E-state index in [1.165, 1.54) is 10.8 Å². The van der Waals surface area contributed by atoms with Crippen molar-refractivity contribution in [2.45, 2.75) is 19.8 Å². The number of fused-ring (bicyclic) bond motifs is 1. The number of hydrogen-bond donors (Lipinski definition) is 1. The lowest BCUT2D eigenvalue weighted by Crippen LogP contribution is -2.18. The topological polar surface area (TPSA) is 98.0 Å². The highest BCUT2D eigenvalue weighted by atomic mass is 32.1. The molecular weight excluding hydrogens is 304 g/mol. The molecule has 3 aromatic rings. The fourth-order valence-corrected chi connectivity index (χ4v) is 2.81. The Morgan fingerprint density at radius 1 is 1.41 bits per heavy atom. The van der Waals surface area contributed by atoms with Crippen LogP contribution in [0.25, 0.3) is 16.2 Å². The van der Waals surface area contributed by atoms with E-state index in [1.54, 1.807) is 18.3 Å². The quantitative estimate of drug-likeness (QED) is 0.794. The van der Waals surface area contributed by atoms with E-state index in [2.05, 4.69) is 14.3 Å². The van der Waals surface area contributed by atoms with Gasteiger partial charge in [-0.2, -0.15) is 4.37 Å². The van der Waals surface area contributed by atoms with Gasteiger partial charge in [0.1, 0.15) is 17.0 Å². The lowest BCUT2D eigenvalue weighted by molar-refractivity contribution is 0.0695. The normalized spacial score (nSPS) is 11.2. The molecule has 0 aliphatic rings. The molecule has 0 aliphatic heterocycles. The predicted molar refractivity (Wildman–Crippen MR) is 81.9 cm³/mol. The number of carbonyl (C=O) groups is 1. The molecule has 0 aliphatic carbocycles. The van der Waals surface area contributed by atoms with Crippen LogP contribution in [0.2, 0.25) is 0 Å². The van der Waals surface area contributed by atoms with E-state index >= 15 is 0 Å². The van der Waals surface area contributed by atoms with Gasteiger partial charge in [-0.1, -0.05) is 13.8 Å². The van der Waals surface area contributed by atoms with Gasteiger partial charge < -0.3 is 5.11 Å². The zero-order chi connectivity index (χ0) is 15.9. The van der Waals surface area contributed by atoms with E-state index in [0.717, 1.165) is 11.5 Å². The number of hydrogen-bond acceptors (Lipinski definition) is 6. The molecule has 0 atom stereocenters. The van der Waals surface area contributed by atoms with Gasteiger partial charge in [-0.25, -0.2) is 14.8 Å². The third kappa shape index (κ3) is 2.27. The van der Waals surface area contributed by atoms with E-state index in [1.807, 2.05) is 13.8 Å². The van der Waals surface area contributed by atoms with E-state index < -0.39 is 11.4 Å². The summed E-state index contributed by atoms with van der Waals surface area (Å²) < 4.78 is 5.76. The Labute approximate surface area is 129 Å². The molecule has 0 unspecified atom stereocenters. The average Bonchev–Trinajstić information content (AvgIpc) is 2.97. The molecule has 0 saturated heterocycles. The lowest BCUT2D eigenvalue weighted by Gasteiger charge is -2.07. The zero-order valence-corrected chi connectivity index (χ0v) is 12.7. The summed E-state index contributed by atoms with van der Waals surface area (Å²) in [5, 5.41) is 9.94. The van der Waals surface area contributed by atoms with Crippen molar-refractivity contribution in [3.05, 3.63) is 46.1 Å². The second-order valence-electron chi connectivity index (χ2n) is 5.01. The maximum atomic E-state index is 12.2. The number of pyridine rings is 2. The van der Waals surface area contributed by atoms with Crippen molar-refractivity contribution in [1.29, 1.82) is 0 Å². The summed E-state index contributed by atoms with van der Waals surface area (Å²) in [4.78, 5) is 32.1. The summed E-state index contributed by atoms with van der Waals surface area (Å²) in [6, 6.07) is 3.15. The van der Waals surface area contributed by atoms with E-state index in [-0.39, 0.29) is 16.9 Å². The number of carboxylic acid groups (broad SMARTS) is 1. The molecule has 8 heteroatoms. The van der Waals surface area contributed by atoms with Crippen LogP contribution in [0.1, 0.15) is 35.9 Å². The Kier molecular flexibility index (Phi) is 3.45. The Morgan fingerprint density at radius 3 is 2.82 bits per heavy atom. The fourth-order valence-electron chi connectivity index (χ4n) is 2.02. The number of aromatic nitrogens is 4. The Bertz CT molecular complexity index is 929. The maximum Gasteiger partial charge on any atom is 0.341 e. The predicted octanol–water partition coefficient (Wildman–Crippen LogP) is 2.06. The molecule has 0 saturated carbocycles. The minimum Gasteiger partial charge on any atom is -0.477 e. The van der Waals surface area contributed by atoms with Gasteiger partial charge in [-0.3, -0.25) is 9.36 Å². The highest BCUT2D eigenvalue weighted by Gasteiger charge is 2.18. The molecular formula is C14H12N4O3S. The van der Waals surface area contributed by atoms with Crippen molar-refractivity contribution >= 4 is 28.5 Å². The van der Waals surface area contributed by atoms with Crippen LogP contribution in [0.4, 0.5) is 0 Å². The molecule has 3 aromatic heterocycles. The van der Waals surface area contributed by atoms with E-state index in [0.29, 0.717) is 16.6 Å². The molecule has 22 heavy (non-hydrogen) atoms. The van der Waals surface area contributed by atoms with Crippen LogP contribution in [-0.4, -0.2) is 30.0 Å². The first-order valence-electron chi connectivity index (χ1n) is 6.56. The number of nitrogens with zero attached hydrogens (tertiary/aromatic N) is 4. The van der Waals surface area contributed by atoms with Crippen LogP contribution in [0.3, 0.4) is 0 Å². The maximum absolute atomic E-state index is 12.2. The summed E-state index contributed by atoms with van der Waals surface area (Å²) in [6.45, 7) is 3.94. The van der Waals surface area contributed by atoms with Gasteiger partial charge in [0.2, 0.25) is 10.6 Å². The first kappa shape index (κ1) is 14.3. The van der Waals surface area contributed by atoms with Gasteiger partial charge in [-0.15, -0.1) is 0 Å². The first-order valence-corrected chi connectivity index (χ1v) is 7.34. The molecule has 0 aromatic carbocycles. The largest absolute Gasteiger partial charge is 0.477 e. The van der Waals surface area contributed by atoms with Crippen molar-refractivity contribution in [2.24, 2.45) is 0 Å². The summed E-state index contributed by atoms with van der Waals surface area (Å²) >= 11 is 1.14.